The van der Waals surface area contributed by atoms with Crippen molar-refractivity contribution in [3.05, 3.63) is 46.7 Å². The van der Waals surface area contributed by atoms with E-state index in [2.05, 4.69) is 36.5 Å². The van der Waals surface area contributed by atoms with E-state index < -0.39 is 0 Å². The van der Waals surface area contributed by atoms with Crippen molar-refractivity contribution >= 4 is 33.6 Å². The van der Waals surface area contributed by atoms with E-state index in [0.29, 0.717) is 0 Å². The van der Waals surface area contributed by atoms with E-state index in [9.17, 15) is 4.79 Å². The van der Waals surface area contributed by atoms with Gasteiger partial charge in [0.05, 0.1) is 4.47 Å². The Labute approximate surface area is 113 Å². The molecule has 2 aromatic rings. The average Bonchev–Trinajstić information content (AvgIpc) is 2.35. The molecule has 2 rings (SSSR count). The van der Waals surface area contributed by atoms with Crippen molar-refractivity contribution in [2.75, 3.05) is 10.6 Å². The van der Waals surface area contributed by atoms with E-state index >= 15 is 0 Å². The summed E-state index contributed by atoms with van der Waals surface area (Å²) in [7, 11) is 0. The Hall–Kier alpha value is -1.95. The number of hydrogen-bond acceptors (Lipinski definition) is 3. The Morgan fingerprint density at radius 3 is 2.50 bits per heavy atom. The summed E-state index contributed by atoms with van der Waals surface area (Å²) in [5, 5.41) is 5.28. The van der Waals surface area contributed by atoms with Gasteiger partial charge in [0.25, 0.3) is 0 Å². The molecule has 0 unspecified atom stereocenters. The molecular weight excluding hydrogens is 296 g/mol. The number of carbonyl (C=O) groups is 1. The van der Waals surface area contributed by atoms with Gasteiger partial charge in [0.2, 0.25) is 5.95 Å². The number of carbonyl (C=O) groups excluding carboxylic acids is 1. The minimum atomic E-state index is -0.369. The van der Waals surface area contributed by atoms with Gasteiger partial charge in [-0.1, -0.05) is 18.2 Å². The average molecular weight is 307 g/mol. The summed E-state index contributed by atoms with van der Waals surface area (Å²) in [5.41, 5.74) is 1.75. The minimum absolute atomic E-state index is 0.254. The molecule has 1 aromatic heterocycles. The smallest absolute Gasteiger partial charge is 0.307 e. The largest absolute Gasteiger partial charge is 0.326 e. The normalized spacial score (nSPS) is 9.89. The van der Waals surface area contributed by atoms with E-state index in [4.69, 9.17) is 0 Å². The number of para-hydroxylation sites is 1. The molecule has 1 heterocycles. The van der Waals surface area contributed by atoms with Crippen molar-refractivity contribution in [3.63, 3.8) is 0 Å². The molecule has 0 spiro atoms. The monoisotopic (exact) mass is 306 g/mol. The molecule has 0 saturated heterocycles. The maximum Gasteiger partial charge on any atom is 0.326 e. The molecule has 2 amide bonds. The van der Waals surface area contributed by atoms with Crippen LogP contribution in [0.4, 0.5) is 16.4 Å². The number of hydrogen-bond donors (Lipinski definition) is 2. The lowest BCUT2D eigenvalue weighted by atomic mass is 10.2. The van der Waals surface area contributed by atoms with Crippen LogP contribution in [0.15, 0.2) is 41.1 Å². The SMILES string of the molecule is Cc1ccccc1NC(=O)Nc1ncc(Br)cn1. The lowest BCUT2D eigenvalue weighted by Crippen LogP contribution is -2.21. The van der Waals surface area contributed by atoms with Crippen LogP contribution >= 0.6 is 15.9 Å². The number of nitrogens with zero attached hydrogens (tertiary/aromatic N) is 2. The fourth-order valence-electron chi connectivity index (χ4n) is 1.35. The molecule has 5 nitrogen and oxygen atoms in total. The van der Waals surface area contributed by atoms with E-state index in [0.717, 1.165) is 15.7 Å². The molecular formula is C12H11BrN4O. The second-order valence-corrected chi connectivity index (χ2v) is 4.53. The van der Waals surface area contributed by atoms with Gasteiger partial charge < -0.3 is 5.32 Å². The van der Waals surface area contributed by atoms with Crippen LogP contribution in [0, 0.1) is 6.92 Å². The van der Waals surface area contributed by atoms with Crippen molar-refractivity contribution in [1.82, 2.24) is 9.97 Å². The lowest BCUT2D eigenvalue weighted by molar-refractivity contribution is 0.262. The molecule has 0 bridgehead atoms. The summed E-state index contributed by atoms with van der Waals surface area (Å²) in [6.07, 6.45) is 3.13. The summed E-state index contributed by atoms with van der Waals surface area (Å²) in [4.78, 5) is 19.6. The summed E-state index contributed by atoms with van der Waals surface area (Å²) in [5.74, 6) is 0.254. The minimum Gasteiger partial charge on any atom is -0.307 e. The zero-order chi connectivity index (χ0) is 13.0. The molecule has 6 heteroatoms. The van der Waals surface area contributed by atoms with Crippen molar-refractivity contribution in [1.29, 1.82) is 0 Å². The van der Waals surface area contributed by atoms with Crippen LogP contribution in [0.1, 0.15) is 5.56 Å². The predicted molar refractivity (Wildman–Crippen MR) is 73.6 cm³/mol. The molecule has 0 radical (unpaired) electrons. The maximum atomic E-state index is 11.7. The van der Waals surface area contributed by atoms with Gasteiger partial charge >= 0.3 is 6.03 Å². The zero-order valence-corrected chi connectivity index (χ0v) is 11.2. The van der Waals surface area contributed by atoms with Crippen molar-refractivity contribution in [3.8, 4) is 0 Å². The Morgan fingerprint density at radius 1 is 1.17 bits per heavy atom. The highest BCUT2D eigenvalue weighted by atomic mass is 79.9. The molecule has 0 aliphatic heterocycles. The van der Waals surface area contributed by atoms with Crippen LogP contribution in [0.3, 0.4) is 0 Å². The van der Waals surface area contributed by atoms with Gasteiger partial charge in [0.1, 0.15) is 0 Å². The summed E-state index contributed by atoms with van der Waals surface area (Å²) >= 11 is 3.22. The van der Waals surface area contributed by atoms with Gasteiger partial charge in [0.15, 0.2) is 0 Å². The first kappa shape index (κ1) is 12.5. The van der Waals surface area contributed by atoms with Crippen LogP contribution in [-0.2, 0) is 0 Å². The van der Waals surface area contributed by atoms with Crippen molar-refractivity contribution in [2.45, 2.75) is 6.92 Å². The second-order valence-electron chi connectivity index (χ2n) is 3.62. The number of nitrogens with one attached hydrogen (secondary N) is 2. The summed E-state index contributed by atoms with van der Waals surface area (Å²) in [6, 6.07) is 7.16. The predicted octanol–water partition coefficient (Wildman–Crippen LogP) is 3.19. The molecule has 18 heavy (non-hydrogen) atoms. The van der Waals surface area contributed by atoms with E-state index in [1.54, 1.807) is 12.4 Å². The van der Waals surface area contributed by atoms with Crippen LogP contribution in [0.5, 0.6) is 0 Å². The standard InChI is InChI=1S/C12H11BrN4O/c1-8-4-2-3-5-10(8)16-12(18)17-11-14-6-9(13)7-15-11/h2-7H,1H3,(H2,14,15,16,17,18). The third-order valence-corrected chi connectivity index (χ3v) is 2.65. The Morgan fingerprint density at radius 2 is 1.83 bits per heavy atom. The molecule has 92 valence electrons. The number of urea groups is 1. The first-order chi connectivity index (χ1) is 8.65. The highest BCUT2D eigenvalue weighted by Crippen LogP contribution is 2.13. The van der Waals surface area contributed by atoms with Crippen LogP contribution in [0.2, 0.25) is 0 Å². The van der Waals surface area contributed by atoms with E-state index in [-0.39, 0.29) is 12.0 Å². The fraction of sp³-hybridized carbons (Fsp3) is 0.0833. The number of benzene rings is 1. The number of aromatic nitrogens is 2. The maximum absolute atomic E-state index is 11.7. The third kappa shape index (κ3) is 3.27. The van der Waals surface area contributed by atoms with Gasteiger partial charge in [-0.25, -0.2) is 14.8 Å². The highest BCUT2D eigenvalue weighted by Gasteiger charge is 2.05. The topological polar surface area (TPSA) is 66.9 Å². The number of halogens is 1. The fourth-order valence-corrected chi connectivity index (χ4v) is 1.55. The van der Waals surface area contributed by atoms with Crippen LogP contribution < -0.4 is 10.6 Å². The van der Waals surface area contributed by atoms with E-state index in [1.165, 1.54) is 0 Å². The molecule has 0 aliphatic carbocycles. The van der Waals surface area contributed by atoms with Crippen molar-refractivity contribution < 1.29 is 4.79 Å². The van der Waals surface area contributed by atoms with Crippen LogP contribution in [-0.4, -0.2) is 16.0 Å². The van der Waals surface area contributed by atoms with Gasteiger partial charge in [-0.05, 0) is 34.5 Å². The zero-order valence-electron chi connectivity index (χ0n) is 9.64. The second kappa shape index (κ2) is 5.59. The summed E-state index contributed by atoms with van der Waals surface area (Å²) in [6.45, 7) is 1.92. The van der Waals surface area contributed by atoms with Gasteiger partial charge in [-0.3, -0.25) is 5.32 Å². The van der Waals surface area contributed by atoms with Crippen molar-refractivity contribution in [2.24, 2.45) is 0 Å². The molecule has 0 atom stereocenters. The lowest BCUT2D eigenvalue weighted by Gasteiger charge is -2.08. The number of amides is 2. The molecule has 0 fully saturated rings. The van der Waals surface area contributed by atoms with Gasteiger partial charge in [-0.15, -0.1) is 0 Å². The first-order valence-corrected chi connectivity index (χ1v) is 6.05. The quantitative estimate of drug-likeness (QED) is 0.895. The number of rotatable bonds is 2. The van der Waals surface area contributed by atoms with Gasteiger partial charge in [0, 0.05) is 18.1 Å². The van der Waals surface area contributed by atoms with E-state index in [1.807, 2.05) is 31.2 Å². The Kier molecular flexibility index (Phi) is 3.88. The number of anilines is 2. The number of aryl methyl sites for hydroxylation is 1. The summed E-state index contributed by atoms with van der Waals surface area (Å²) < 4.78 is 0.757. The Bertz CT molecular complexity index is 556. The molecule has 2 N–H and O–H groups in total. The van der Waals surface area contributed by atoms with Crippen LogP contribution in [0.25, 0.3) is 0 Å². The molecule has 1 aromatic carbocycles. The first-order valence-electron chi connectivity index (χ1n) is 5.26. The third-order valence-electron chi connectivity index (χ3n) is 2.24. The molecule has 0 aliphatic rings. The highest BCUT2D eigenvalue weighted by molar-refractivity contribution is 9.10. The Balaban J connectivity index is 2.01. The van der Waals surface area contributed by atoms with Gasteiger partial charge in [-0.2, -0.15) is 0 Å². The molecule has 0 saturated carbocycles.